The molecule has 0 unspecified atom stereocenters. The Morgan fingerprint density at radius 3 is 2.87 bits per heavy atom. The highest BCUT2D eigenvalue weighted by atomic mass is 16.5. The first-order valence-corrected chi connectivity index (χ1v) is 4.90. The maximum absolute atomic E-state index is 11.1. The monoisotopic (exact) mass is 207 g/mol. The fourth-order valence-corrected chi connectivity index (χ4v) is 1.51. The molecule has 0 saturated carbocycles. The number of aromatic nitrogens is 1. The molecule has 0 N–H and O–H groups in total. The second-order valence-corrected chi connectivity index (χ2v) is 3.65. The van der Waals surface area contributed by atoms with Crippen LogP contribution in [0.25, 0.3) is 0 Å². The number of carbonyl (C=O) groups is 1. The molecule has 15 heavy (non-hydrogen) atoms. The lowest BCUT2D eigenvalue weighted by molar-refractivity contribution is -0.0312. The van der Waals surface area contributed by atoms with Gasteiger partial charge in [0.05, 0.1) is 20.3 Å². The molecule has 1 saturated heterocycles. The zero-order valence-corrected chi connectivity index (χ0v) is 8.60. The van der Waals surface area contributed by atoms with Gasteiger partial charge in [-0.05, 0) is 18.1 Å². The summed E-state index contributed by atoms with van der Waals surface area (Å²) in [6.45, 7) is 1.66. The van der Waals surface area contributed by atoms with Gasteiger partial charge in [-0.25, -0.2) is 9.78 Å². The molecule has 1 fully saturated rings. The Hall–Kier alpha value is -1.42. The van der Waals surface area contributed by atoms with E-state index in [1.807, 2.05) is 6.07 Å². The third-order valence-corrected chi connectivity index (χ3v) is 2.45. The fraction of sp³-hybridized carbons (Fsp3) is 0.455. The standard InChI is InChI=1S/C11H13NO3/c1-14-11(13)10-3-2-8(5-12-10)4-9-6-15-7-9/h2-3,5,9H,4,6-7H2,1H3. The van der Waals surface area contributed by atoms with Crippen molar-refractivity contribution in [3.63, 3.8) is 0 Å². The minimum Gasteiger partial charge on any atom is -0.464 e. The highest BCUT2D eigenvalue weighted by Crippen LogP contribution is 2.16. The van der Waals surface area contributed by atoms with Gasteiger partial charge in [-0.3, -0.25) is 0 Å². The van der Waals surface area contributed by atoms with Gasteiger partial charge < -0.3 is 9.47 Å². The van der Waals surface area contributed by atoms with E-state index in [0.717, 1.165) is 25.2 Å². The number of hydrogen-bond acceptors (Lipinski definition) is 4. The summed E-state index contributed by atoms with van der Waals surface area (Å²) in [5, 5.41) is 0. The Balaban J connectivity index is 1.99. The van der Waals surface area contributed by atoms with E-state index in [1.165, 1.54) is 7.11 Å². The molecule has 2 heterocycles. The number of carbonyl (C=O) groups excluding carboxylic acids is 1. The largest absolute Gasteiger partial charge is 0.464 e. The summed E-state index contributed by atoms with van der Waals surface area (Å²) >= 11 is 0. The molecular formula is C11H13NO3. The highest BCUT2D eigenvalue weighted by molar-refractivity contribution is 5.86. The van der Waals surface area contributed by atoms with Crippen molar-refractivity contribution in [1.29, 1.82) is 0 Å². The number of hydrogen-bond donors (Lipinski definition) is 0. The number of nitrogens with zero attached hydrogens (tertiary/aromatic N) is 1. The van der Waals surface area contributed by atoms with Crippen molar-refractivity contribution in [2.45, 2.75) is 6.42 Å². The lowest BCUT2D eigenvalue weighted by atomic mass is 9.99. The summed E-state index contributed by atoms with van der Waals surface area (Å²) in [6, 6.07) is 3.61. The van der Waals surface area contributed by atoms with Crippen LogP contribution in [0.3, 0.4) is 0 Å². The van der Waals surface area contributed by atoms with Crippen LogP contribution in [0.2, 0.25) is 0 Å². The molecule has 0 aliphatic carbocycles. The zero-order valence-electron chi connectivity index (χ0n) is 8.60. The molecule has 4 nitrogen and oxygen atoms in total. The smallest absolute Gasteiger partial charge is 0.356 e. The highest BCUT2D eigenvalue weighted by Gasteiger charge is 2.18. The summed E-state index contributed by atoms with van der Waals surface area (Å²) < 4.78 is 9.66. The van der Waals surface area contributed by atoms with Crippen molar-refractivity contribution in [2.75, 3.05) is 20.3 Å². The van der Waals surface area contributed by atoms with Gasteiger partial charge in [0.25, 0.3) is 0 Å². The van der Waals surface area contributed by atoms with Gasteiger partial charge in [-0.1, -0.05) is 6.07 Å². The van der Waals surface area contributed by atoms with Gasteiger partial charge >= 0.3 is 5.97 Å². The van der Waals surface area contributed by atoms with Gasteiger partial charge in [0.1, 0.15) is 5.69 Å². The summed E-state index contributed by atoms with van der Waals surface area (Å²) in [7, 11) is 1.35. The predicted octanol–water partition coefficient (Wildman–Crippen LogP) is 1.06. The summed E-state index contributed by atoms with van der Waals surface area (Å²) in [5.74, 6) is 0.212. The van der Waals surface area contributed by atoms with Crippen LogP contribution in [0.5, 0.6) is 0 Å². The van der Waals surface area contributed by atoms with E-state index in [9.17, 15) is 4.79 Å². The maximum atomic E-state index is 11.1. The van der Waals surface area contributed by atoms with Gasteiger partial charge in [0, 0.05) is 12.1 Å². The van der Waals surface area contributed by atoms with Crippen molar-refractivity contribution in [1.82, 2.24) is 4.98 Å². The normalized spacial score (nSPS) is 15.8. The molecule has 4 heteroatoms. The Morgan fingerprint density at radius 1 is 1.60 bits per heavy atom. The van der Waals surface area contributed by atoms with E-state index in [4.69, 9.17) is 4.74 Å². The van der Waals surface area contributed by atoms with E-state index < -0.39 is 5.97 Å². The van der Waals surface area contributed by atoms with Gasteiger partial charge in [0.2, 0.25) is 0 Å². The van der Waals surface area contributed by atoms with E-state index >= 15 is 0 Å². The lowest BCUT2D eigenvalue weighted by Gasteiger charge is -2.25. The van der Waals surface area contributed by atoms with Gasteiger partial charge in [-0.2, -0.15) is 0 Å². The number of esters is 1. The second-order valence-electron chi connectivity index (χ2n) is 3.65. The molecule has 1 aromatic rings. The molecule has 1 aliphatic rings. The molecular weight excluding hydrogens is 194 g/mol. The third-order valence-electron chi connectivity index (χ3n) is 2.45. The topological polar surface area (TPSA) is 48.4 Å². The Bertz CT molecular complexity index is 343. The molecule has 80 valence electrons. The second kappa shape index (κ2) is 4.40. The van der Waals surface area contributed by atoms with Gasteiger partial charge in [0.15, 0.2) is 0 Å². The number of rotatable bonds is 3. The van der Waals surface area contributed by atoms with Crippen molar-refractivity contribution in [3.05, 3.63) is 29.6 Å². The van der Waals surface area contributed by atoms with Crippen LogP contribution in [-0.4, -0.2) is 31.3 Å². The molecule has 1 aliphatic heterocycles. The number of pyridine rings is 1. The molecule has 2 rings (SSSR count). The first-order valence-electron chi connectivity index (χ1n) is 4.90. The van der Waals surface area contributed by atoms with Crippen LogP contribution in [0, 0.1) is 5.92 Å². The SMILES string of the molecule is COC(=O)c1ccc(CC2COC2)cn1. The molecule has 0 amide bonds. The first kappa shape index (κ1) is 10.1. The molecule has 0 atom stereocenters. The lowest BCUT2D eigenvalue weighted by Crippen LogP contribution is -2.29. The average molecular weight is 207 g/mol. The minimum atomic E-state index is -0.395. The minimum absolute atomic E-state index is 0.353. The van der Waals surface area contributed by atoms with Crippen LogP contribution in [0.1, 0.15) is 16.1 Å². The molecule has 0 aromatic carbocycles. The van der Waals surface area contributed by atoms with Crippen molar-refractivity contribution >= 4 is 5.97 Å². The third kappa shape index (κ3) is 2.33. The van der Waals surface area contributed by atoms with Crippen LogP contribution >= 0.6 is 0 Å². The fourth-order valence-electron chi connectivity index (χ4n) is 1.51. The van der Waals surface area contributed by atoms with Crippen LogP contribution in [0.15, 0.2) is 18.3 Å². The molecule has 0 radical (unpaired) electrons. The molecule has 1 aromatic heterocycles. The molecule has 0 bridgehead atoms. The zero-order chi connectivity index (χ0) is 10.7. The Morgan fingerprint density at radius 2 is 2.40 bits per heavy atom. The molecule has 0 spiro atoms. The summed E-state index contributed by atoms with van der Waals surface area (Å²) in [5.41, 5.74) is 1.49. The number of methoxy groups -OCH3 is 1. The average Bonchev–Trinajstić information content (AvgIpc) is 2.23. The van der Waals surface area contributed by atoms with E-state index in [-0.39, 0.29) is 0 Å². The van der Waals surface area contributed by atoms with Crippen LogP contribution < -0.4 is 0 Å². The van der Waals surface area contributed by atoms with Crippen molar-refractivity contribution < 1.29 is 14.3 Å². The number of ether oxygens (including phenoxy) is 2. The Labute approximate surface area is 88.2 Å². The predicted molar refractivity (Wildman–Crippen MR) is 53.6 cm³/mol. The van der Waals surface area contributed by atoms with Crippen LogP contribution in [-0.2, 0) is 15.9 Å². The van der Waals surface area contributed by atoms with Crippen molar-refractivity contribution in [2.24, 2.45) is 5.92 Å². The maximum Gasteiger partial charge on any atom is 0.356 e. The van der Waals surface area contributed by atoms with E-state index in [2.05, 4.69) is 9.72 Å². The van der Waals surface area contributed by atoms with Gasteiger partial charge in [-0.15, -0.1) is 0 Å². The van der Waals surface area contributed by atoms with Crippen LogP contribution in [0.4, 0.5) is 0 Å². The quantitative estimate of drug-likeness (QED) is 0.695. The Kier molecular flexibility index (Phi) is 2.97. The summed E-state index contributed by atoms with van der Waals surface area (Å²) in [4.78, 5) is 15.2. The summed E-state index contributed by atoms with van der Waals surface area (Å²) in [6.07, 6.45) is 2.69. The van der Waals surface area contributed by atoms with E-state index in [0.29, 0.717) is 11.6 Å². The first-order chi connectivity index (χ1) is 7.29. The van der Waals surface area contributed by atoms with E-state index in [1.54, 1.807) is 12.3 Å². The van der Waals surface area contributed by atoms with Crippen molar-refractivity contribution in [3.8, 4) is 0 Å².